The number of amides is 1. The van der Waals surface area contributed by atoms with Gasteiger partial charge in [-0.3, -0.25) is 15.6 Å². The third-order valence-electron chi connectivity index (χ3n) is 4.13. The van der Waals surface area contributed by atoms with Crippen molar-refractivity contribution in [3.8, 4) is 0 Å². The van der Waals surface area contributed by atoms with Crippen LogP contribution in [0.2, 0.25) is 0 Å². The molecule has 30 heavy (non-hydrogen) atoms. The van der Waals surface area contributed by atoms with Crippen LogP contribution in [-0.4, -0.2) is 16.8 Å². The van der Waals surface area contributed by atoms with E-state index in [4.69, 9.17) is 12.2 Å². The van der Waals surface area contributed by atoms with Crippen molar-refractivity contribution in [1.29, 1.82) is 0 Å². The Kier molecular flexibility index (Phi) is 7.17. The van der Waals surface area contributed by atoms with E-state index in [1.165, 1.54) is 23.9 Å². The lowest BCUT2D eigenvalue weighted by Crippen LogP contribution is -2.44. The molecule has 0 saturated carbocycles. The molecule has 3 aromatic rings. The van der Waals surface area contributed by atoms with E-state index < -0.39 is 11.7 Å². The molecule has 0 saturated heterocycles. The number of benzene rings is 3. The zero-order valence-corrected chi connectivity index (χ0v) is 17.3. The van der Waals surface area contributed by atoms with Gasteiger partial charge in [-0.15, -0.1) is 11.8 Å². The highest BCUT2D eigenvalue weighted by molar-refractivity contribution is 7.99. The van der Waals surface area contributed by atoms with Crippen molar-refractivity contribution in [1.82, 2.24) is 10.9 Å². The van der Waals surface area contributed by atoms with E-state index in [2.05, 4.69) is 16.2 Å². The fourth-order valence-corrected chi connectivity index (χ4v) is 3.77. The molecule has 0 heterocycles. The van der Waals surface area contributed by atoms with Crippen LogP contribution in [0.4, 0.5) is 18.9 Å². The predicted molar refractivity (Wildman–Crippen MR) is 119 cm³/mol. The van der Waals surface area contributed by atoms with E-state index in [-0.39, 0.29) is 22.5 Å². The van der Waals surface area contributed by atoms with Gasteiger partial charge in [0.2, 0.25) is 5.91 Å². The number of rotatable bonds is 5. The first-order valence-corrected chi connectivity index (χ1v) is 10.5. The van der Waals surface area contributed by atoms with Crippen LogP contribution in [0, 0.1) is 0 Å². The number of hydrogen-bond acceptors (Lipinski definition) is 3. The van der Waals surface area contributed by atoms with Crippen LogP contribution >= 0.6 is 24.0 Å². The number of thiocarbonyl (C=S) groups is 1. The Bertz CT molecular complexity index is 1050. The third-order valence-corrected chi connectivity index (χ3v) is 5.32. The average molecular weight is 450 g/mol. The largest absolute Gasteiger partial charge is 0.416 e. The molecule has 1 amide bonds. The van der Waals surface area contributed by atoms with E-state index in [0.717, 1.165) is 28.5 Å². The van der Waals surface area contributed by atoms with Gasteiger partial charge in [0.15, 0.2) is 5.11 Å². The summed E-state index contributed by atoms with van der Waals surface area (Å²) in [5.74, 6) is 0.567. The molecule has 156 valence electrons. The SMILES string of the molecule is O=C(CSCc1cccc2ccccc12)NNC(=S)Nc1cccc(C(F)(F)F)c1. The van der Waals surface area contributed by atoms with Crippen molar-refractivity contribution in [2.75, 3.05) is 11.1 Å². The van der Waals surface area contributed by atoms with Crippen molar-refractivity contribution >= 4 is 51.5 Å². The molecule has 4 nitrogen and oxygen atoms in total. The van der Waals surface area contributed by atoms with Crippen LogP contribution < -0.4 is 16.2 Å². The standard InChI is InChI=1S/C21H18F3N3OS2/c22-21(23,24)16-8-4-9-17(11-16)25-20(29)27-26-19(28)13-30-12-15-7-3-6-14-5-1-2-10-18(14)15/h1-11H,12-13H2,(H,26,28)(H2,25,27,29). The molecule has 0 aliphatic heterocycles. The molecule has 0 bridgehead atoms. The monoisotopic (exact) mass is 449 g/mol. The molecule has 0 fully saturated rings. The Labute approximate surface area is 181 Å². The highest BCUT2D eigenvalue weighted by atomic mass is 32.2. The number of fused-ring (bicyclic) bond motifs is 1. The minimum Gasteiger partial charge on any atom is -0.331 e. The summed E-state index contributed by atoms with van der Waals surface area (Å²) in [5, 5.41) is 4.89. The number of hydrazine groups is 1. The number of carbonyl (C=O) groups excluding carboxylic acids is 1. The zero-order valence-electron chi connectivity index (χ0n) is 15.6. The Hall–Kier alpha value is -2.78. The second-order valence-corrected chi connectivity index (χ2v) is 7.73. The fourth-order valence-electron chi connectivity index (χ4n) is 2.77. The van der Waals surface area contributed by atoms with Gasteiger partial charge in [0.05, 0.1) is 11.3 Å². The van der Waals surface area contributed by atoms with Gasteiger partial charge in [-0.25, -0.2) is 0 Å². The Morgan fingerprint density at radius 2 is 1.70 bits per heavy atom. The summed E-state index contributed by atoms with van der Waals surface area (Å²) in [6.07, 6.45) is -4.44. The van der Waals surface area contributed by atoms with Gasteiger partial charge in [0.25, 0.3) is 0 Å². The quantitative estimate of drug-likeness (QED) is 0.373. The van der Waals surface area contributed by atoms with Gasteiger partial charge in [-0.2, -0.15) is 13.2 Å². The summed E-state index contributed by atoms with van der Waals surface area (Å²) >= 11 is 6.46. The summed E-state index contributed by atoms with van der Waals surface area (Å²) in [4.78, 5) is 12.0. The topological polar surface area (TPSA) is 53.2 Å². The Morgan fingerprint density at radius 1 is 0.967 bits per heavy atom. The first-order valence-electron chi connectivity index (χ1n) is 8.90. The molecule has 3 aromatic carbocycles. The van der Waals surface area contributed by atoms with E-state index in [1.54, 1.807) is 0 Å². The molecule has 0 spiro atoms. The maximum atomic E-state index is 12.8. The van der Waals surface area contributed by atoms with E-state index in [9.17, 15) is 18.0 Å². The average Bonchev–Trinajstić information content (AvgIpc) is 2.72. The van der Waals surface area contributed by atoms with Crippen LogP contribution in [0.25, 0.3) is 10.8 Å². The maximum Gasteiger partial charge on any atom is 0.416 e. The van der Waals surface area contributed by atoms with Gasteiger partial charge in [0, 0.05) is 11.4 Å². The molecule has 0 aliphatic rings. The zero-order chi connectivity index (χ0) is 21.6. The van der Waals surface area contributed by atoms with E-state index in [0.29, 0.717) is 5.75 Å². The smallest absolute Gasteiger partial charge is 0.331 e. The lowest BCUT2D eigenvalue weighted by molar-refractivity contribution is -0.137. The fraction of sp³-hybridized carbons (Fsp3) is 0.143. The molecule has 9 heteroatoms. The number of thioether (sulfide) groups is 1. The Morgan fingerprint density at radius 3 is 2.50 bits per heavy atom. The number of alkyl halides is 3. The number of carbonyl (C=O) groups is 1. The van der Waals surface area contributed by atoms with Crippen molar-refractivity contribution < 1.29 is 18.0 Å². The number of halogens is 3. The molecule has 3 N–H and O–H groups in total. The van der Waals surface area contributed by atoms with Crippen LogP contribution in [0.15, 0.2) is 66.7 Å². The first-order chi connectivity index (χ1) is 14.3. The molecule has 3 rings (SSSR count). The highest BCUT2D eigenvalue weighted by Crippen LogP contribution is 2.30. The summed E-state index contributed by atoms with van der Waals surface area (Å²) in [7, 11) is 0. The summed E-state index contributed by atoms with van der Waals surface area (Å²) < 4.78 is 38.3. The van der Waals surface area contributed by atoms with Crippen molar-refractivity contribution in [2.45, 2.75) is 11.9 Å². The minimum absolute atomic E-state index is 0.0123. The lowest BCUT2D eigenvalue weighted by atomic mass is 10.1. The van der Waals surface area contributed by atoms with Crippen molar-refractivity contribution in [2.24, 2.45) is 0 Å². The first kappa shape index (κ1) is 21.9. The molecule has 0 aliphatic carbocycles. The molecular weight excluding hydrogens is 431 g/mol. The summed E-state index contributed by atoms with van der Waals surface area (Å²) in [5.41, 5.74) is 5.45. The maximum absolute atomic E-state index is 12.8. The van der Waals surface area contributed by atoms with Crippen LogP contribution in [0.1, 0.15) is 11.1 Å². The van der Waals surface area contributed by atoms with Crippen LogP contribution in [0.5, 0.6) is 0 Å². The molecule has 0 unspecified atom stereocenters. The minimum atomic E-state index is -4.44. The van der Waals surface area contributed by atoms with Crippen molar-refractivity contribution in [3.63, 3.8) is 0 Å². The van der Waals surface area contributed by atoms with Crippen LogP contribution in [-0.2, 0) is 16.7 Å². The van der Waals surface area contributed by atoms with Gasteiger partial charge in [0.1, 0.15) is 0 Å². The molecule has 0 radical (unpaired) electrons. The molecule has 0 aromatic heterocycles. The molecular formula is C21H18F3N3OS2. The summed E-state index contributed by atoms with van der Waals surface area (Å²) in [6, 6.07) is 18.7. The predicted octanol–water partition coefficient (Wildman–Crippen LogP) is 5.11. The molecule has 0 atom stereocenters. The number of nitrogens with one attached hydrogen (secondary N) is 3. The van der Waals surface area contributed by atoms with E-state index >= 15 is 0 Å². The van der Waals surface area contributed by atoms with Gasteiger partial charge in [-0.1, -0.05) is 48.5 Å². The number of anilines is 1. The van der Waals surface area contributed by atoms with Gasteiger partial charge < -0.3 is 5.32 Å². The number of hydrogen-bond donors (Lipinski definition) is 3. The second kappa shape index (κ2) is 9.82. The Balaban J connectivity index is 1.44. The van der Waals surface area contributed by atoms with Gasteiger partial charge >= 0.3 is 6.18 Å². The highest BCUT2D eigenvalue weighted by Gasteiger charge is 2.30. The van der Waals surface area contributed by atoms with E-state index in [1.807, 2.05) is 42.5 Å². The summed E-state index contributed by atoms with van der Waals surface area (Å²) in [6.45, 7) is 0. The van der Waals surface area contributed by atoms with Crippen molar-refractivity contribution in [3.05, 3.63) is 77.9 Å². The second-order valence-electron chi connectivity index (χ2n) is 6.34. The normalized spacial score (nSPS) is 11.2. The third kappa shape index (κ3) is 6.11. The van der Waals surface area contributed by atoms with Gasteiger partial charge in [-0.05, 0) is 46.8 Å². The van der Waals surface area contributed by atoms with Crippen LogP contribution in [0.3, 0.4) is 0 Å². The lowest BCUT2D eigenvalue weighted by Gasteiger charge is -2.13.